The quantitative estimate of drug-likeness (QED) is 0.279. The number of nitrogens with one attached hydrogen (secondary N) is 1. The van der Waals surface area contributed by atoms with Gasteiger partial charge in [-0.25, -0.2) is 19.3 Å². The monoisotopic (exact) mass is 564 g/mol. The third-order valence-corrected chi connectivity index (χ3v) is 6.74. The number of carbonyl (C=O) groups is 3. The predicted molar refractivity (Wildman–Crippen MR) is 139 cm³/mol. The number of pyridine rings is 1. The predicted octanol–water partition coefficient (Wildman–Crippen LogP) is 4.04. The smallest absolute Gasteiger partial charge is 0.248 e. The molecule has 1 aromatic carbocycles. The molecular formula is C26H22BrFN6O3. The zero-order chi connectivity index (χ0) is 26.1. The van der Waals surface area contributed by atoms with Crippen LogP contribution in [0.3, 0.4) is 0 Å². The van der Waals surface area contributed by atoms with Crippen LogP contribution >= 0.6 is 15.9 Å². The van der Waals surface area contributed by atoms with Crippen LogP contribution in [0.15, 0.2) is 65.9 Å². The van der Waals surface area contributed by atoms with Crippen LogP contribution in [0.2, 0.25) is 0 Å². The molecular weight excluding hydrogens is 543 g/mol. The van der Waals surface area contributed by atoms with Gasteiger partial charge in [-0.05, 0) is 52.7 Å². The molecule has 0 aliphatic carbocycles. The van der Waals surface area contributed by atoms with Crippen molar-refractivity contribution in [1.82, 2.24) is 24.4 Å². The molecule has 4 heterocycles. The number of alkyl halides is 1. The Hall–Kier alpha value is -3.99. The SMILES string of the molecule is CC(=O)c1cn(CC(=O)N2C[C@H](F)CC2C(=O)Nc2cccc(Br)n2)c2ccc(-c3cncnc3)cc12. The van der Waals surface area contributed by atoms with Gasteiger partial charge in [0.2, 0.25) is 11.8 Å². The Labute approximate surface area is 219 Å². The number of hydrogen-bond acceptors (Lipinski definition) is 6. The Morgan fingerprint density at radius 1 is 1.14 bits per heavy atom. The summed E-state index contributed by atoms with van der Waals surface area (Å²) in [6.07, 6.45) is 5.00. The lowest BCUT2D eigenvalue weighted by molar-refractivity contribution is -0.137. The van der Waals surface area contributed by atoms with Gasteiger partial charge >= 0.3 is 0 Å². The molecule has 1 saturated heterocycles. The Balaban J connectivity index is 1.41. The molecule has 0 radical (unpaired) electrons. The maximum absolute atomic E-state index is 14.4. The van der Waals surface area contributed by atoms with Crippen LogP contribution in [0.4, 0.5) is 10.2 Å². The maximum atomic E-state index is 14.4. The van der Waals surface area contributed by atoms with Gasteiger partial charge in [-0.15, -0.1) is 0 Å². The summed E-state index contributed by atoms with van der Waals surface area (Å²) in [4.78, 5) is 52.2. The lowest BCUT2D eigenvalue weighted by Gasteiger charge is -2.24. The van der Waals surface area contributed by atoms with E-state index in [2.05, 4.69) is 36.2 Å². The van der Waals surface area contributed by atoms with E-state index in [1.165, 1.54) is 18.2 Å². The number of carbonyl (C=O) groups excluding carboxylic acids is 3. The first-order chi connectivity index (χ1) is 17.8. The molecule has 0 bridgehead atoms. The van der Waals surface area contributed by atoms with E-state index in [0.29, 0.717) is 26.9 Å². The standard InChI is InChI=1S/C26H22BrFN6O3/c1-15(35)20-12-33(21-6-5-16(7-19(20)21)17-9-29-14-30-10-17)13-25(36)34-11-18(28)8-22(34)26(37)32-24-4-2-3-23(27)31-24/h2-7,9-10,12,14,18,22H,8,11,13H2,1H3,(H,31,32,37)/t18-,22?/m1/s1. The lowest BCUT2D eigenvalue weighted by Crippen LogP contribution is -2.44. The number of ketones is 1. The first-order valence-corrected chi connectivity index (χ1v) is 12.4. The van der Waals surface area contributed by atoms with Crippen LogP contribution in [-0.2, 0) is 16.1 Å². The van der Waals surface area contributed by atoms with Crippen molar-refractivity contribution < 1.29 is 18.8 Å². The third kappa shape index (κ3) is 5.12. The molecule has 1 aliphatic heterocycles. The molecule has 5 rings (SSSR count). The van der Waals surface area contributed by atoms with E-state index < -0.39 is 24.0 Å². The average Bonchev–Trinajstić information content (AvgIpc) is 3.45. The van der Waals surface area contributed by atoms with Crippen molar-refractivity contribution in [1.29, 1.82) is 0 Å². The summed E-state index contributed by atoms with van der Waals surface area (Å²) < 4.78 is 16.6. The molecule has 1 N–H and O–H groups in total. The summed E-state index contributed by atoms with van der Waals surface area (Å²) in [5, 5.41) is 3.34. The minimum atomic E-state index is -1.32. The Morgan fingerprint density at radius 3 is 2.65 bits per heavy atom. The summed E-state index contributed by atoms with van der Waals surface area (Å²) in [5.74, 6) is -0.775. The summed E-state index contributed by atoms with van der Waals surface area (Å²) >= 11 is 3.25. The zero-order valence-corrected chi connectivity index (χ0v) is 21.4. The van der Waals surface area contributed by atoms with Crippen molar-refractivity contribution in [2.45, 2.75) is 32.1 Å². The molecule has 1 aliphatic rings. The van der Waals surface area contributed by atoms with Gasteiger partial charge in [0.15, 0.2) is 5.78 Å². The maximum Gasteiger partial charge on any atom is 0.248 e. The Morgan fingerprint density at radius 2 is 1.92 bits per heavy atom. The summed E-state index contributed by atoms with van der Waals surface area (Å²) in [6.45, 7) is 1.13. The summed E-state index contributed by atoms with van der Waals surface area (Å²) in [6, 6.07) is 9.61. The molecule has 4 aromatic rings. The third-order valence-electron chi connectivity index (χ3n) is 6.30. The molecule has 0 spiro atoms. The lowest BCUT2D eigenvalue weighted by atomic mass is 10.0. The number of Topliss-reactive ketones (excluding diaryl/α,β-unsaturated/α-hetero) is 1. The second kappa shape index (κ2) is 10.2. The van der Waals surface area contributed by atoms with Crippen molar-refractivity contribution in [3.63, 3.8) is 0 Å². The number of hydrogen-bond donors (Lipinski definition) is 1. The van der Waals surface area contributed by atoms with Gasteiger partial charge in [-0.2, -0.15) is 0 Å². The van der Waals surface area contributed by atoms with Crippen LogP contribution in [0, 0.1) is 0 Å². The molecule has 2 amide bonds. The van der Waals surface area contributed by atoms with E-state index >= 15 is 0 Å². The minimum absolute atomic E-state index is 0.0980. The van der Waals surface area contributed by atoms with Gasteiger partial charge in [0, 0.05) is 47.0 Å². The molecule has 1 fully saturated rings. The molecule has 1 unspecified atom stereocenters. The van der Waals surface area contributed by atoms with Crippen LogP contribution < -0.4 is 5.32 Å². The number of amides is 2. The fraction of sp³-hybridized carbons (Fsp3) is 0.231. The second-order valence-corrected chi connectivity index (χ2v) is 9.63. The van der Waals surface area contributed by atoms with Crippen molar-refractivity contribution in [3.8, 4) is 11.1 Å². The number of benzene rings is 1. The van der Waals surface area contributed by atoms with Gasteiger partial charge in [0.25, 0.3) is 0 Å². The molecule has 37 heavy (non-hydrogen) atoms. The van der Waals surface area contributed by atoms with Gasteiger partial charge in [-0.1, -0.05) is 12.1 Å². The normalized spacial score (nSPS) is 17.2. The summed E-state index contributed by atoms with van der Waals surface area (Å²) in [5.41, 5.74) is 2.76. The highest BCUT2D eigenvalue weighted by atomic mass is 79.9. The highest BCUT2D eigenvalue weighted by Gasteiger charge is 2.40. The van der Waals surface area contributed by atoms with Gasteiger partial charge in [-0.3, -0.25) is 14.4 Å². The number of fused-ring (bicyclic) bond motifs is 1. The number of aromatic nitrogens is 4. The largest absolute Gasteiger partial charge is 0.337 e. The number of anilines is 1. The number of likely N-dealkylation sites (tertiary alicyclic amines) is 1. The highest BCUT2D eigenvalue weighted by Crippen LogP contribution is 2.29. The van der Waals surface area contributed by atoms with E-state index in [0.717, 1.165) is 11.1 Å². The fourth-order valence-corrected chi connectivity index (χ4v) is 4.91. The minimum Gasteiger partial charge on any atom is -0.337 e. The highest BCUT2D eigenvalue weighted by molar-refractivity contribution is 9.10. The van der Waals surface area contributed by atoms with E-state index in [1.54, 1.807) is 41.4 Å². The first-order valence-electron chi connectivity index (χ1n) is 11.6. The second-order valence-electron chi connectivity index (χ2n) is 8.82. The van der Waals surface area contributed by atoms with Crippen LogP contribution in [0.5, 0.6) is 0 Å². The van der Waals surface area contributed by atoms with Gasteiger partial charge < -0.3 is 14.8 Å². The topological polar surface area (TPSA) is 110 Å². The van der Waals surface area contributed by atoms with Gasteiger partial charge in [0.05, 0.1) is 6.54 Å². The van der Waals surface area contributed by atoms with E-state index in [-0.39, 0.29) is 25.3 Å². The zero-order valence-electron chi connectivity index (χ0n) is 19.8. The first kappa shape index (κ1) is 24.7. The van der Waals surface area contributed by atoms with Crippen molar-refractivity contribution >= 4 is 50.2 Å². The van der Waals surface area contributed by atoms with Gasteiger partial charge in [0.1, 0.15) is 35.5 Å². The fourth-order valence-electron chi connectivity index (χ4n) is 4.57. The molecule has 2 atom stereocenters. The van der Waals surface area contributed by atoms with E-state index in [1.807, 2.05) is 18.2 Å². The van der Waals surface area contributed by atoms with Crippen molar-refractivity contribution in [2.75, 3.05) is 11.9 Å². The molecule has 0 saturated carbocycles. The molecule has 11 heteroatoms. The molecule has 188 valence electrons. The van der Waals surface area contributed by atoms with E-state index in [9.17, 15) is 18.8 Å². The Kier molecular flexibility index (Phi) is 6.79. The number of rotatable bonds is 6. The van der Waals surface area contributed by atoms with E-state index in [4.69, 9.17) is 0 Å². The van der Waals surface area contributed by atoms with Crippen LogP contribution in [0.1, 0.15) is 23.7 Å². The number of nitrogens with zero attached hydrogens (tertiary/aromatic N) is 5. The Bertz CT molecular complexity index is 1510. The molecule has 3 aromatic heterocycles. The average molecular weight is 565 g/mol. The summed E-state index contributed by atoms with van der Waals surface area (Å²) in [7, 11) is 0. The van der Waals surface area contributed by atoms with Crippen LogP contribution in [-0.4, -0.2) is 60.8 Å². The van der Waals surface area contributed by atoms with Crippen molar-refractivity contribution in [2.24, 2.45) is 0 Å². The number of halogens is 2. The van der Waals surface area contributed by atoms with Crippen LogP contribution in [0.25, 0.3) is 22.0 Å². The van der Waals surface area contributed by atoms with Crippen molar-refractivity contribution in [3.05, 3.63) is 71.5 Å². The molecule has 9 nitrogen and oxygen atoms in total.